The topological polar surface area (TPSA) is 58.6 Å². The molecule has 0 aliphatic heterocycles. The van der Waals surface area contributed by atoms with Crippen molar-refractivity contribution < 1.29 is 14.6 Å². The molecule has 0 aliphatic rings. The molecule has 2 aromatic carbocycles. The fourth-order valence-electron chi connectivity index (χ4n) is 1.63. The van der Waals surface area contributed by atoms with Crippen LogP contribution in [0.3, 0.4) is 0 Å². The van der Waals surface area contributed by atoms with E-state index in [4.69, 9.17) is 9.84 Å². The van der Waals surface area contributed by atoms with Gasteiger partial charge in [-0.3, -0.25) is 0 Å². The van der Waals surface area contributed by atoms with Crippen molar-refractivity contribution in [2.75, 3.05) is 11.3 Å². The minimum atomic E-state index is -0.931. The molecule has 0 fully saturated rings. The van der Waals surface area contributed by atoms with E-state index in [9.17, 15) is 4.79 Å². The summed E-state index contributed by atoms with van der Waals surface area (Å²) in [5.74, 6) is -0.125. The Balaban J connectivity index is 2.08. The Morgan fingerprint density at radius 1 is 1.29 bits per heavy atom. The summed E-state index contributed by atoms with van der Waals surface area (Å²) in [6.07, 6.45) is 0. The Kier molecular flexibility index (Phi) is 5.52. The van der Waals surface area contributed by atoms with Crippen molar-refractivity contribution in [2.45, 2.75) is 11.8 Å². The molecule has 0 amide bonds. The maximum Gasteiger partial charge on any atom is 0.335 e. The van der Waals surface area contributed by atoms with Gasteiger partial charge < -0.3 is 14.6 Å². The normalized spacial score (nSPS) is 10.2. The molecule has 0 saturated heterocycles. The van der Waals surface area contributed by atoms with Crippen molar-refractivity contribution in [2.24, 2.45) is 0 Å². The second-order valence-electron chi connectivity index (χ2n) is 4.11. The number of halogens is 1. The molecular formula is C15H14BrNO3S. The number of hydrogen-bond donors (Lipinski definition) is 2. The van der Waals surface area contributed by atoms with Gasteiger partial charge in [-0.25, -0.2) is 4.79 Å². The van der Waals surface area contributed by atoms with E-state index in [1.54, 1.807) is 24.3 Å². The maximum atomic E-state index is 10.8. The van der Waals surface area contributed by atoms with Crippen LogP contribution in [0.15, 0.2) is 51.8 Å². The number of benzene rings is 2. The van der Waals surface area contributed by atoms with Gasteiger partial charge in [0, 0.05) is 10.2 Å². The third-order valence-corrected chi connectivity index (χ3v) is 3.99. The smallest absolute Gasteiger partial charge is 0.335 e. The summed E-state index contributed by atoms with van der Waals surface area (Å²) >= 11 is 4.85. The van der Waals surface area contributed by atoms with Crippen LogP contribution in [0, 0.1) is 0 Å². The molecular weight excluding hydrogens is 354 g/mol. The van der Waals surface area contributed by atoms with Crippen LogP contribution >= 0.6 is 27.9 Å². The molecule has 0 heterocycles. The molecule has 0 saturated carbocycles. The van der Waals surface area contributed by atoms with E-state index in [1.165, 1.54) is 11.9 Å². The summed E-state index contributed by atoms with van der Waals surface area (Å²) in [5.41, 5.74) is 1.09. The van der Waals surface area contributed by atoms with Crippen molar-refractivity contribution in [3.05, 3.63) is 52.5 Å². The Hall–Kier alpha value is -1.66. The number of ether oxygens (including phenoxy) is 1. The van der Waals surface area contributed by atoms with E-state index >= 15 is 0 Å². The lowest BCUT2D eigenvalue weighted by molar-refractivity contribution is 0.0697. The third kappa shape index (κ3) is 4.41. The van der Waals surface area contributed by atoms with Crippen molar-refractivity contribution in [1.82, 2.24) is 0 Å². The number of rotatable bonds is 6. The summed E-state index contributed by atoms with van der Waals surface area (Å²) in [4.78, 5) is 11.8. The Morgan fingerprint density at radius 2 is 2.00 bits per heavy atom. The quantitative estimate of drug-likeness (QED) is 0.726. The monoisotopic (exact) mass is 367 g/mol. The molecule has 2 rings (SSSR count). The Labute approximate surface area is 135 Å². The zero-order valence-corrected chi connectivity index (χ0v) is 13.7. The predicted molar refractivity (Wildman–Crippen MR) is 88.2 cm³/mol. The van der Waals surface area contributed by atoms with E-state index in [0.29, 0.717) is 6.61 Å². The molecule has 110 valence electrons. The van der Waals surface area contributed by atoms with Gasteiger partial charge >= 0.3 is 5.97 Å². The minimum absolute atomic E-state index is 0.267. The fourth-order valence-corrected chi connectivity index (χ4v) is 2.92. The average molecular weight is 368 g/mol. The highest BCUT2D eigenvalue weighted by Gasteiger charge is 2.06. The average Bonchev–Trinajstić information content (AvgIpc) is 2.48. The largest absolute Gasteiger partial charge is 0.493 e. The van der Waals surface area contributed by atoms with Crippen LogP contribution in [-0.2, 0) is 0 Å². The van der Waals surface area contributed by atoms with Gasteiger partial charge in [-0.05, 0) is 61.3 Å². The molecule has 6 heteroatoms. The zero-order chi connectivity index (χ0) is 15.2. The highest BCUT2D eigenvalue weighted by Crippen LogP contribution is 2.32. The summed E-state index contributed by atoms with van der Waals surface area (Å²) in [5, 5.41) is 8.86. The fraction of sp³-hybridized carbons (Fsp3) is 0.133. The number of carboxylic acids is 1. The first-order chi connectivity index (χ1) is 10.1. The third-order valence-electron chi connectivity index (χ3n) is 2.62. The van der Waals surface area contributed by atoms with E-state index in [1.807, 2.05) is 25.1 Å². The second-order valence-corrected chi connectivity index (χ2v) is 5.87. The van der Waals surface area contributed by atoms with Crippen LogP contribution in [0.1, 0.15) is 17.3 Å². The highest BCUT2D eigenvalue weighted by molar-refractivity contribution is 9.10. The van der Waals surface area contributed by atoms with Crippen LogP contribution in [0.2, 0.25) is 0 Å². The lowest BCUT2D eigenvalue weighted by Crippen LogP contribution is -1.97. The molecule has 2 aromatic rings. The summed E-state index contributed by atoms with van der Waals surface area (Å²) in [6, 6.07) is 12.4. The van der Waals surface area contributed by atoms with Crippen LogP contribution in [0.5, 0.6) is 5.75 Å². The number of anilines is 1. The Bertz CT molecular complexity index is 631. The van der Waals surface area contributed by atoms with Gasteiger partial charge in [-0.2, -0.15) is 0 Å². The van der Waals surface area contributed by atoms with Gasteiger partial charge in [-0.1, -0.05) is 15.9 Å². The minimum Gasteiger partial charge on any atom is -0.493 e. The standard InChI is InChI=1S/C15H14BrNO3S/c1-2-20-13-8-5-11(16)9-14(13)21-17-12-6-3-10(4-7-12)15(18)19/h3-9,17H,2H2,1H3,(H,18,19). The van der Waals surface area contributed by atoms with E-state index in [0.717, 1.165) is 20.8 Å². The number of carboxylic acid groups (broad SMARTS) is 1. The molecule has 0 aromatic heterocycles. The van der Waals surface area contributed by atoms with E-state index < -0.39 is 5.97 Å². The molecule has 0 atom stereocenters. The number of hydrogen-bond acceptors (Lipinski definition) is 4. The van der Waals surface area contributed by atoms with Gasteiger partial charge in [0.15, 0.2) is 0 Å². The molecule has 2 N–H and O–H groups in total. The summed E-state index contributed by atoms with van der Waals surface area (Å²) < 4.78 is 9.72. The predicted octanol–water partition coefficient (Wildman–Crippen LogP) is 4.67. The van der Waals surface area contributed by atoms with Crippen LogP contribution in [0.25, 0.3) is 0 Å². The van der Waals surface area contributed by atoms with Crippen LogP contribution in [-0.4, -0.2) is 17.7 Å². The van der Waals surface area contributed by atoms with Crippen molar-refractivity contribution in [1.29, 1.82) is 0 Å². The molecule has 0 bridgehead atoms. The van der Waals surface area contributed by atoms with E-state index in [-0.39, 0.29) is 5.56 Å². The molecule has 0 radical (unpaired) electrons. The first kappa shape index (κ1) is 15.7. The summed E-state index contributed by atoms with van der Waals surface area (Å²) in [6.45, 7) is 2.54. The Morgan fingerprint density at radius 3 is 2.62 bits per heavy atom. The lowest BCUT2D eigenvalue weighted by Gasteiger charge is -2.11. The van der Waals surface area contributed by atoms with Gasteiger partial charge in [-0.15, -0.1) is 0 Å². The van der Waals surface area contributed by atoms with Crippen molar-refractivity contribution in [3.8, 4) is 5.75 Å². The molecule has 0 unspecified atom stereocenters. The van der Waals surface area contributed by atoms with Gasteiger partial charge in [0.05, 0.1) is 17.1 Å². The first-order valence-corrected chi connectivity index (χ1v) is 7.89. The molecule has 21 heavy (non-hydrogen) atoms. The van der Waals surface area contributed by atoms with Crippen molar-refractivity contribution in [3.63, 3.8) is 0 Å². The zero-order valence-electron chi connectivity index (χ0n) is 11.3. The van der Waals surface area contributed by atoms with Gasteiger partial charge in [0.1, 0.15) is 5.75 Å². The van der Waals surface area contributed by atoms with Crippen LogP contribution in [0.4, 0.5) is 5.69 Å². The highest BCUT2D eigenvalue weighted by atomic mass is 79.9. The van der Waals surface area contributed by atoms with Gasteiger partial charge in [0.25, 0.3) is 0 Å². The van der Waals surface area contributed by atoms with Gasteiger partial charge in [0.2, 0.25) is 0 Å². The van der Waals surface area contributed by atoms with E-state index in [2.05, 4.69) is 20.7 Å². The second kappa shape index (κ2) is 7.38. The molecule has 0 spiro atoms. The van der Waals surface area contributed by atoms with Crippen LogP contribution < -0.4 is 9.46 Å². The SMILES string of the molecule is CCOc1ccc(Br)cc1SNc1ccc(C(=O)O)cc1. The number of nitrogens with one attached hydrogen (secondary N) is 1. The molecule has 0 aliphatic carbocycles. The number of carbonyl (C=O) groups is 1. The number of aromatic carboxylic acids is 1. The lowest BCUT2D eigenvalue weighted by atomic mass is 10.2. The summed E-state index contributed by atoms with van der Waals surface area (Å²) in [7, 11) is 0. The first-order valence-electron chi connectivity index (χ1n) is 6.28. The van der Waals surface area contributed by atoms with Crippen molar-refractivity contribution >= 4 is 39.5 Å². The maximum absolute atomic E-state index is 10.8. The molecule has 4 nitrogen and oxygen atoms in total.